The minimum atomic E-state index is -0.619. The molecule has 0 radical (unpaired) electrons. The van der Waals surface area contributed by atoms with Crippen molar-refractivity contribution in [2.45, 2.75) is 51.0 Å². The van der Waals surface area contributed by atoms with Crippen molar-refractivity contribution in [2.24, 2.45) is 11.1 Å². The third-order valence-corrected chi connectivity index (χ3v) is 4.31. The first-order valence-electron chi connectivity index (χ1n) is 6.92. The van der Waals surface area contributed by atoms with Gasteiger partial charge < -0.3 is 16.4 Å². The number of hydrogen-bond acceptors (Lipinski definition) is 3. The Labute approximate surface area is 118 Å². The summed E-state index contributed by atoms with van der Waals surface area (Å²) in [6.45, 7) is 0.501. The van der Waals surface area contributed by atoms with Gasteiger partial charge in [0.05, 0.1) is 10.4 Å². The Bertz CT molecular complexity index is 389. The summed E-state index contributed by atoms with van der Waals surface area (Å²) in [5.74, 6) is -0.00157. The molecule has 0 heterocycles. The SMILES string of the molecule is NC(=S)C1(C(=O)NCCCC(=O)NC2CC2)CCC1. The minimum absolute atomic E-state index is 0.0736. The lowest BCUT2D eigenvalue weighted by Gasteiger charge is -2.39. The second-order valence-electron chi connectivity index (χ2n) is 5.50. The molecule has 2 aliphatic rings. The van der Waals surface area contributed by atoms with E-state index in [0.717, 1.165) is 32.1 Å². The first-order valence-corrected chi connectivity index (χ1v) is 7.33. The molecule has 106 valence electrons. The number of carbonyl (C=O) groups is 2. The Morgan fingerprint density at radius 2 is 2.00 bits per heavy atom. The number of nitrogens with two attached hydrogens (primary N) is 1. The van der Waals surface area contributed by atoms with E-state index in [1.807, 2.05) is 0 Å². The van der Waals surface area contributed by atoms with Crippen LogP contribution in [0.4, 0.5) is 0 Å². The van der Waals surface area contributed by atoms with Crippen LogP contribution < -0.4 is 16.4 Å². The molecule has 0 spiro atoms. The van der Waals surface area contributed by atoms with E-state index in [1.54, 1.807) is 0 Å². The third-order valence-electron chi connectivity index (χ3n) is 3.92. The zero-order valence-electron chi connectivity index (χ0n) is 11.0. The van der Waals surface area contributed by atoms with Gasteiger partial charge in [-0.2, -0.15) is 0 Å². The Morgan fingerprint density at radius 1 is 1.32 bits per heavy atom. The van der Waals surface area contributed by atoms with Crippen LogP contribution >= 0.6 is 12.2 Å². The number of rotatable bonds is 7. The molecule has 2 saturated carbocycles. The van der Waals surface area contributed by atoms with E-state index in [1.165, 1.54) is 0 Å². The largest absolute Gasteiger partial charge is 0.392 e. The molecular weight excluding hydrogens is 262 g/mol. The van der Waals surface area contributed by atoms with E-state index in [0.29, 0.717) is 30.4 Å². The highest BCUT2D eigenvalue weighted by Crippen LogP contribution is 2.41. The lowest BCUT2D eigenvalue weighted by atomic mass is 9.68. The molecule has 0 saturated heterocycles. The predicted molar refractivity (Wildman–Crippen MR) is 76.5 cm³/mol. The molecule has 0 aromatic rings. The number of amides is 2. The van der Waals surface area contributed by atoms with Crippen molar-refractivity contribution in [2.75, 3.05) is 6.54 Å². The number of thiocarbonyl (C=S) groups is 1. The maximum atomic E-state index is 12.0. The Kier molecular flexibility index (Phi) is 4.39. The second kappa shape index (κ2) is 5.86. The fourth-order valence-electron chi connectivity index (χ4n) is 2.26. The minimum Gasteiger partial charge on any atom is -0.392 e. The van der Waals surface area contributed by atoms with Crippen molar-refractivity contribution in [3.63, 3.8) is 0 Å². The maximum Gasteiger partial charge on any atom is 0.233 e. The van der Waals surface area contributed by atoms with Crippen LogP contribution in [-0.2, 0) is 9.59 Å². The van der Waals surface area contributed by atoms with Crippen molar-refractivity contribution in [1.82, 2.24) is 10.6 Å². The monoisotopic (exact) mass is 283 g/mol. The van der Waals surface area contributed by atoms with Gasteiger partial charge in [0.2, 0.25) is 11.8 Å². The van der Waals surface area contributed by atoms with E-state index in [4.69, 9.17) is 18.0 Å². The molecule has 5 nitrogen and oxygen atoms in total. The fraction of sp³-hybridized carbons (Fsp3) is 0.769. The highest BCUT2D eigenvalue weighted by Gasteiger charge is 2.46. The van der Waals surface area contributed by atoms with Crippen LogP contribution in [0.5, 0.6) is 0 Å². The predicted octanol–water partition coefficient (Wildman–Crippen LogP) is 0.618. The molecular formula is C13H21N3O2S. The molecule has 0 unspecified atom stereocenters. The van der Waals surface area contributed by atoms with Gasteiger partial charge in [-0.15, -0.1) is 0 Å². The van der Waals surface area contributed by atoms with Gasteiger partial charge >= 0.3 is 0 Å². The number of nitrogens with one attached hydrogen (secondary N) is 2. The topological polar surface area (TPSA) is 84.2 Å². The molecule has 2 aliphatic carbocycles. The Morgan fingerprint density at radius 3 is 2.47 bits per heavy atom. The van der Waals surface area contributed by atoms with Crippen LogP contribution in [0.2, 0.25) is 0 Å². The summed E-state index contributed by atoms with van der Waals surface area (Å²) in [6, 6.07) is 0.398. The van der Waals surface area contributed by atoms with E-state index in [2.05, 4.69) is 10.6 Å². The van der Waals surface area contributed by atoms with Crippen LogP contribution in [0, 0.1) is 5.41 Å². The van der Waals surface area contributed by atoms with Gasteiger partial charge in [-0.25, -0.2) is 0 Å². The average Bonchev–Trinajstić information content (AvgIpc) is 3.06. The quantitative estimate of drug-likeness (QED) is 0.472. The van der Waals surface area contributed by atoms with Gasteiger partial charge in [-0.05, 0) is 32.1 Å². The molecule has 2 rings (SSSR count). The highest BCUT2D eigenvalue weighted by molar-refractivity contribution is 7.80. The summed E-state index contributed by atoms with van der Waals surface area (Å²) < 4.78 is 0. The van der Waals surface area contributed by atoms with Gasteiger partial charge in [-0.1, -0.05) is 18.6 Å². The smallest absolute Gasteiger partial charge is 0.233 e. The van der Waals surface area contributed by atoms with Crippen molar-refractivity contribution in [3.05, 3.63) is 0 Å². The Balaban J connectivity index is 1.63. The second-order valence-corrected chi connectivity index (χ2v) is 5.94. The van der Waals surface area contributed by atoms with Gasteiger partial charge in [0.15, 0.2) is 0 Å². The summed E-state index contributed by atoms with van der Waals surface area (Å²) in [6.07, 6.45) is 5.79. The molecule has 2 fully saturated rings. The van der Waals surface area contributed by atoms with E-state index >= 15 is 0 Å². The summed E-state index contributed by atoms with van der Waals surface area (Å²) in [5, 5.41) is 5.77. The van der Waals surface area contributed by atoms with Gasteiger partial charge in [0.25, 0.3) is 0 Å². The number of hydrogen-bond donors (Lipinski definition) is 3. The lowest BCUT2D eigenvalue weighted by Crippen LogP contribution is -2.53. The van der Waals surface area contributed by atoms with E-state index in [9.17, 15) is 9.59 Å². The Hall–Kier alpha value is -1.17. The molecule has 0 atom stereocenters. The third kappa shape index (κ3) is 3.43. The van der Waals surface area contributed by atoms with Gasteiger partial charge in [0.1, 0.15) is 0 Å². The average molecular weight is 283 g/mol. The standard InChI is InChI=1S/C13H21N3O2S/c14-11(19)13(6-2-7-13)12(18)15-8-1-3-10(17)16-9-4-5-9/h9H,1-8H2,(H2,14,19)(H,15,18)(H,16,17). The van der Waals surface area contributed by atoms with E-state index < -0.39 is 5.41 Å². The van der Waals surface area contributed by atoms with Crippen molar-refractivity contribution in [1.29, 1.82) is 0 Å². The first-order chi connectivity index (χ1) is 9.04. The first kappa shape index (κ1) is 14.2. The number of carbonyl (C=O) groups excluding carboxylic acids is 2. The van der Waals surface area contributed by atoms with Crippen molar-refractivity contribution >= 4 is 29.0 Å². The normalized spacial score (nSPS) is 20.2. The van der Waals surface area contributed by atoms with Crippen molar-refractivity contribution < 1.29 is 9.59 Å². The zero-order valence-corrected chi connectivity index (χ0v) is 11.9. The van der Waals surface area contributed by atoms with Crippen LogP contribution in [0.3, 0.4) is 0 Å². The lowest BCUT2D eigenvalue weighted by molar-refractivity contribution is -0.131. The summed E-state index contributed by atoms with van der Waals surface area (Å²) in [4.78, 5) is 23.8. The van der Waals surface area contributed by atoms with Crippen molar-refractivity contribution in [3.8, 4) is 0 Å². The molecule has 4 N–H and O–H groups in total. The van der Waals surface area contributed by atoms with Gasteiger partial charge in [0, 0.05) is 19.0 Å². The molecule has 0 aliphatic heterocycles. The fourth-order valence-corrected chi connectivity index (χ4v) is 2.56. The van der Waals surface area contributed by atoms with Crippen LogP contribution in [-0.4, -0.2) is 29.4 Å². The molecule has 0 bridgehead atoms. The molecule has 6 heteroatoms. The molecule has 0 aromatic carbocycles. The van der Waals surface area contributed by atoms with Gasteiger partial charge in [-0.3, -0.25) is 9.59 Å². The molecule has 2 amide bonds. The van der Waals surface area contributed by atoms with Crippen LogP contribution in [0.1, 0.15) is 44.9 Å². The van der Waals surface area contributed by atoms with Crippen LogP contribution in [0.25, 0.3) is 0 Å². The molecule has 0 aromatic heterocycles. The highest BCUT2D eigenvalue weighted by atomic mass is 32.1. The van der Waals surface area contributed by atoms with E-state index in [-0.39, 0.29) is 11.8 Å². The zero-order chi connectivity index (χ0) is 13.9. The summed E-state index contributed by atoms with van der Waals surface area (Å²) >= 11 is 4.98. The summed E-state index contributed by atoms with van der Waals surface area (Å²) in [7, 11) is 0. The summed E-state index contributed by atoms with van der Waals surface area (Å²) in [5.41, 5.74) is 5.03. The van der Waals surface area contributed by atoms with Crippen LogP contribution in [0.15, 0.2) is 0 Å². The maximum absolute atomic E-state index is 12.0. The molecule has 19 heavy (non-hydrogen) atoms.